The van der Waals surface area contributed by atoms with E-state index < -0.39 is 31.5 Å². The molecule has 2 N–H and O–H groups in total. The zero-order chi connectivity index (χ0) is 25.1. The van der Waals surface area contributed by atoms with Crippen LogP contribution in [0.1, 0.15) is 43.8 Å². The molecule has 1 saturated heterocycles. The number of ether oxygens (including phenoxy) is 1. The molecule has 0 bridgehead atoms. The molecule has 0 aromatic carbocycles. The van der Waals surface area contributed by atoms with Crippen molar-refractivity contribution in [3.8, 4) is 5.88 Å². The minimum atomic E-state index is -9.81. The quantitative estimate of drug-likeness (QED) is 0.521. The lowest BCUT2D eigenvalue weighted by Crippen LogP contribution is -2.48. The number of aliphatic hydroxyl groups excluding tert-OH is 1. The Balaban J connectivity index is 1.32. The number of nitrogens with one attached hydrogen (secondary N) is 1. The molecule has 1 saturated carbocycles. The Morgan fingerprint density at radius 3 is 2.34 bits per heavy atom. The lowest BCUT2D eigenvalue weighted by molar-refractivity contribution is 0.143. The van der Waals surface area contributed by atoms with Crippen molar-refractivity contribution in [1.29, 1.82) is 0 Å². The number of hydrogen-bond acceptors (Lipinski definition) is 9. The van der Waals surface area contributed by atoms with Gasteiger partial charge in [-0.15, -0.1) is 0 Å². The van der Waals surface area contributed by atoms with Gasteiger partial charge in [0.2, 0.25) is 11.8 Å². The highest BCUT2D eigenvalue weighted by Crippen LogP contribution is 3.01. The Labute approximate surface area is 199 Å². The monoisotopic (exact) mass is 542 g/mol. The maximum absolute atomic E-state index is 12.9. The molecule has 2 aromatic rings. The lowest BCUT2D eigenvalue weighted by atomic mass is 9.77. The summed E-state index contributed by atoms with van der Waals surface area (Å²) in [6.45, 7) is 0.717. The van der Waals surface area contributed by atoms with E-state index in [1.165, 1.54) is 0 Å². The van der Waals surface area contributed by atoms with Crippen LogP contribution in [0.15, 0.2) is 22.2 Å². The number of aromatic nitrogens is 4. The third-order valence-corrected chi connectivity index (χ3v) is 8.84. The first-order valence-electron chi connectivity index (χ1n) is 10.9. The second-order valence-corrected chi connectivity index (χ2v) is 12.8. The van der Waals surface area contributed by atoms with Gasteiger partial charge in [0.15, 0.2) is 11.8 Å². The van der Waals surface area contributed by atoms with Gasteiger partial charge in [-0.1, -0.05) is 19.4 Å². The van der Waals surface area contributed by atoms with Gasteiger partial charge in [0.1, 0.15) is 26.4 Å². The minimum absolute atomic E-state index is 0.0390. The smallest absolute Gasteiger partial charge is 0.313 e. The molecule has 16 heteroatoms. The molecule has 2 fully saturated rings. The van der Waals surface area contributed by atoms with Crippen molar-refractivity contribution in [1.82, 2.24) is 19.9 Å². The largest absolute Gasteiger partial charge is 0.463 e. The molecule has 1 aliphatic carbocycles. The van der Waals surface area contributed by atoms with Crippen LogP contribution in [-0.4, -0.2) is 60.4 Å². The summed E-state index contributed by atoms with van der Waals surface area (Å²) in [6.07, 6.45) is 3.61. The van der Waals surface area contributed by atoms with Crippen LogP contribution in [0.4, 0.5) is 31.2 Å². The van der Waals surface area contributed by atoms with Crippen molar-refractivity contribution in [2.75, 3.05) is 35.9 Å². The number of aliphatic hydroxyl groups is 1. The van der Waals surface area contributed by atoms with Gasteiger partial charge in [-0.2, -0.15) is 9.97 Å². The summed E-state index contributed by atoms with van der Waals surface area (Å²) in [4.78, 5) is 16.2. The summed E-state index contributed by atoms with van der Waals surface area (Å²) in [7, 11) is -11.3. The molecule has 2 aromatic heterocycles. The van der Waals surface area contributed by atoms with Crippen LogP contribution >= 0.6 is 10.2 Å². The summed E-state index contributed by atoms with van der Waals surface area (Å²) < 4.78 is 82.5. The molecule has 9 nitrogen and oxygen atoms in total. The van der Waals surface area contributed by atoms with Gasteiger partial charge in [0.25, 0.3) is 0 Å². The molecule has 0 radical (unpaired) electrons. The highest BCUT2D eigenvalue weighted by atomic mass is 32.5. The summed E-state index contributed by atoms with van der Waals surface area (Å²) in [5.41, 5.74) is -0.530. The Morgan fingerprint density at radius 2 is 1.80 bits per heavy atom. The van der Waals surface area contributed by atoms with Gasteiger partial charge in [-0.25, -0.2) is 9.97 Å². The number of fused-ring (bicyclic) bond motifs is 1. The normalized spacial score (nSPS) is 24.1. The predicted molar refractivity (Wildman–Crippen MR) is 119 cm³/mol. The molecule has 194 valence electrons. The highest BCUT2D eigenvalue weighted by Gasteiger charge is 2.66. The summed E-state index contributed by atoms with van der Waals surface area (Å²) >= 11 is 0. The molecule has 0 amide bonds. The van der Waals surface area contributed by atoms with Gasteiger partial charge >= 0.3 is 10.2 Å². The van der Waals surface area contributed by atoms with E-state index in [4.69, 9.17) is 4.74 Å². The Morgan fingerprint density at radius 1 is 1.14 bits per heavy atom. The van der Waals surface area contributed by atoms with E-state index in [2.05, 4.69) is 25.3 Å². The summed E-state index contributed by atoms with van der Waals surface area (Å²) in [5.74, 6) is 0.603. The first-order chi connectivity index (χ1) is 16.3. The van der Waals surface area contributed by atoms with Crippen LogP contribution in [0.25, 0.3) is 0 Å². The van der Waals surface area contributed by atoms with Gasteiger partial charge in [0, 0.05) is 19.0 Å². The third kappa shape index (κ3) is 4.74. The standard InChI is InChI=1S/C19H23F5N6O3S2/c20-35(21,22,23,24)13-8-25-15(26-9-13)12-2-6-30(7-3-12)18-27-16(29-19(10-31)4-1-5-19)14-17(28-18)33-11-34(14)32/h8-9,12,31H,1-7,10-11H2,(H,27,28,29)/t34-/m0/s1. The van der Waals surface area contributed by atoms with Gasteiger partial charge in [0.05, 0.1) is 24.5 Å². The highest BCUT2D eigenvalue weighted by molar-refractivity contribution is 8.45. The molecule has 5 rings (SSSR count). The van der Waals surface area contributed by atoms with Crippen molar-refractivity contribution in [3.05, 3.63) is 18.2 Å². The molecule has 1 atom stereocenters. The SMILES string of the molecule is O=[S@]1COc2nc(N3CCC(c4ncc(S(F)(F)(F)(F)F)cn4)CC3)nc(NC3(CO)CCC3)c21. The summed E-state index contributed by atoms with van der Waals surface area (Å²) in [5, 5.41) is 13.1. The molecule has 35 heavy (non-hydrogen) atoms. The van der Waals surface area contributed by atoms with Crippen molar-refractivity contribution in [2.45, 2.75) is 53.4 Å². The number of piperidine rings is 1. The molecule has 4 heterocycles. The summed E-state index contributed by atoms with van der Waals surface area (Å²) in [6, 6.07) is 0. The first-order valence-corrected chi connectivity index (χ1v) is 14.2. The van der Waals surface area contributed by atoms with Gasteiger partial charge in [-0.3, -0.25) is 4.21 Å². The van der Waals surface area contributed by atoms with Crippen LogP contribution in [0, 0.1) is 0 Å². The maximum atomic E-state index is 12.9. The first kappa shape index (κ1) is 24.4. The van der Waals surface area contributed by atoms with Crippen molar-refractivity contribution in [2.24, 2.45) is 0 Å². The zero-order valence-corrected chi connectivity index (χ0v) is 19.9. The average molecular weight is 543 g/mol. The van der Waals surface area contributed by atoms with E-state index in [0.717, 1.165) is 19.3 Å². The Kier molecular flexibility index (Phi) is 5.28. The molecular weight excluding hydrogens is 519 g/mol. The van der Waals surface area contributed by atoms with Crippen LogP contribution in [0.2, 0.25) is 0 Å². The Hall–Kier alpha value is -2.33. The molecule has 0 unspecified atom stereocenters. The molecule has 2 aliphatic heterocycles. The van der Waals surface area contributed by atoms with Crippen LogP contribution in [0.5, 0.6) is 5.88 Å². The van der Waals surface area contributed by atoms with E-state index in [1.54, 1.807) is 0 Å². The lowest BCUT2D eigenvalue weighted by Gasteiger charge is -2.41. The fourth-order valence-corrected chi connectivity index (χ4v) is 5.82. The average Bonchev–Trinajstić information content (AvgIpc) is 3.16. The van der Waals surface area contributed by atoms with E-state index in [0.29, 0.717) is 42.6 Å². The van der Waals surface area contributed by atoms with E-state index >= 15 is 0 Å². The van der Waals surface area contributed by atoms with Crippen molar-refractivity contribution < 1.29 is 33.5 Å². The van der Waals surface area contributed by atoms with E-state index in [9.17, 15) is 28.7 Å². The third-order valence-electron chi connectivity index (χ3n) is 6.59. The number of rotatable bonds is 6. The number of nitrogens with zero attached hydrogens (tertiary/aromatic N) is 5. The molecule has 3 aliphatic rings. The minimum Gasteiger partial charge on any atom is -0.463 e. The van der Waals surface area contributed by atoms with Gasteiger partial charge < -0.3 is 20.1 Å². The van der Waals surface area contributed by atoms with Crippen LogP contribution in [-0.2, 0) is 10.8 Å². The molecule has 0 spiro atoms. The van der Waals surface area contributed by atoms with Crippen LogP contribution < -0.4 is 15.0 Å². The van der Waals surface area contributed by atoms with Crippen molar-refractivity contribution >= 4 is 32.8 Å². The second kappa shape index (κ2) is 7.59. The topological polar surface area (TPSA) is 113 Å². The number of halogens is 5. The number of hydrogen-bond donors (Lipinski definition) is 2. The maximum Gasteiger partial charge on any atom is 0.313 e. The second-order valence-electron chi connectivity index (χ2n) is 9.04. The number of anilines is 2. The molecular formula is C19H23F5N6O3S2. The Bertz CT molecular complexity index is 1170. The zero-order valence-electron chi connectivity index (χ0n) is 18.3. The van der Waals surface area contributed by atoms with E-state index in [1.807, 2.05) is 4.90 Å². The van der Waals surface area contributed by atoms with E-state index in [-0.39, 0.29) is 42.6 Å². The van der Waals surface area contributed by atoms with Crippen LogP contribution in [0.3, 0.4) is 0 Å². The van der Waals surface area contributed by atoms with Gasteiger partial charge in [-0.05, 0) is 32.1 Å². The van der Waals surface area contributed by atoms with Crippen molar-refractivity contribution in [3.63, 3.8) is 0 Å². The predicted octanol–water partition coefficient (Wildman–Crippen LogP) is 4.09. The fourth-order valence-electron chi connectivity index (χ4n) is 4.37. The fraction of sp³-hybridized carbons (Fsp3) is 0.579.